The molecule has 1 aliphatic rings. The van der Waals surface area contributed by atoms with Crippen LogP contribution in [-0.4, -0.2) is 11.2 Å². The molecule has 0 aromatic heterocycles. The Balaban J connectivity index is 2.50. The van der Waals surface area contributed by atoms with Crippen molar-refractivity contribution in [1.82, 2.24) is 0 Å². The molecule has 0 bridgehead atoms. The van der Waals surface area contributed by atoms with E-state index in [0.29, 0.717) is 5.92 Å². The lowest BCUT2D eigenvalue weighted by molar-refractivity contribution is 0.115. The third-order valence-corrected chi connectivity index (χ3v) is 2.82. The molecule has 1 saturated carbocycles. The maximum Gasteiger partial charge on any atom is 0.0848 e. The molecule has 0 amide bonds. The van der Waals surface area contributed by atoms with E-state index in [1.54, 1.807) is 0 Å². The van der Waals surface area contributed by atoms with Crippen molar-refractivity contribution in [3.05, 3.63) is 17.9 Å². The third kappa shape index (κ3) is 2.23. The summed E-state index contributed by atoms with van der Waals surface area (Å²) < 4.78 is 0. The van der Waals surface area contributed by atoms with Crippen molar-refractivity contribution in [1.29, 1.82) is 0 Å². The highest BCUT2D eigenvalue weighted by molar-refractivity contribution is 5.04. The first-order valence-electron chi connectivity index (χ1n) is 4.80. The minimum absolute atomic E-state index is 0.289. The van der Waals surface area contributed by atoms with Gasteiger partial charge < -0.3 is 5.11 Å². The number of aliphatic hydroxyl groups is 1. The Morgan fingerprint density at radius 1 is 1.42 bits per heavy atom. The van der Waals surface area contributed by atoms with Crippen LogP contribution in [0.4, 0.5) is 0 Å². The largest absolute Gasteiger partial charge is 0.388 e. The summed E-state index contributed by atoms with van der Waals surface area (Å²) in [4.78, 5) is 0. The van der Waals surface area contributed by atoms with Crippen LogP contribution in [0.1, 0.15) is 39.0 Å². The van der Waals surface area contributed by atoms with E-state index in [4.69, 9.17) is 0 Å². The maximum atomic E-state index is 9.80. The Labute approximate surface area is 74.8 Å². The smallest absolute Gasteiger partial charge is 0.0848 e. The molecule has 12 heavy (non-hydrogen) atoms. The van der Waals surface area contributed by atoms with Gasteiger partial charge in [-0.2, -0.15) is 0 Å². The molecule has 1 atom stereocenters. The second kappa shape index (κ2) is 4.49. The quantitative estimate of drug-likeness (QED) is 0.625. The fraction of sp³-hybridized carbons (Fsp3) is 0.727. The van der Waals surface area contributed by atoms with Gasteiger partial charge in [-0.1, -0.05) is 25.8 Å². The minimum Gasteiger partial charge on any atom is -0.388 e. The Bertz CT molecular complexity index is 183. The highest BCUT2D eigenvalue weighted by Crippen LogP contribution is 2.28. The van der Waals surface area contributed by atoms with Gasteiger partial charge in [0.05, 0.1) is 6.10 Å². The van der Waals surface area contributed by atoms with Crippen LogP contribution in [-0.2, 0) is 0 Å². The maximum absolute atomic E-state index is 9.80. The van der Waals surface area contributed by atoms with E-state index < -0.39 is 0 Å². The molecule has 68 valence electrons. The first-order chi connectivity index (χ1) is 5.75. The molecule has 1 nitrogen and oxygen atoms in total. The van der Waals surface area contributed by atoms with Crippen molar-refractivity contribution in [3.8, 4) is 0 Å². The molecule has 0 aromatic carbocycles. The van der Waals surface area contributed by atoms with Crippen molar-refractivity contribution < 1.29 is 5.11 Å². The second-order valence-electron chi connectivity index (χ2n) is 3.70. The van der Waals surface area contributed by atoms with Crippen molar-refractivity contribution in [2.24, 2.45) is 5.92 Å². The van der Waals surface area contributed by atoms with Gasteiger partial charge in [-0.15, -0.1) is 5.73 Å². The summed E-state index contributed by atoms with van der Waals surface area (Å²) in [6, 6.07) is 0. The van der Waals surface area contributed by atoms with Crippen LogP contribution in [0.2, 0.25) is 0 Å². The van der Waals surface area contributed by atoms with E-state index in [1.807, 2.05) is 6.92 Å². The van der Waals surface area contributed by atoms with Gasteiger partial charge in [-0.25, -0.2) is 0 Å². The van der Waals surface area contributed by atoms with Gasteiger partial charge in [0.15, 0.2) is 0 Å². The lowest BCUT2D eigenvalue weighted by Crippen LogP contribution is -2.23. The summed E-state index contributed by atoms with van der Waals surface area (Å²) in [6.45, 7) is 5.46. The highest BCUT2D eigenvalue weighted by atomic mass is 16.3. The van der Waals surface area contributed by atoms with Crippen LogP contribution in [0.5, 0.6) is 0 Å². The summed E-state index contributed by atoms with van der Waals surface area (Å²) in [5, 5.41) is 9.80. The molecule has 1 aliphatic carbocycles. The Morgan fingerprint density at radius 3 is 2.50 bits per heavy atom. The zero-order chi connectivity index (χ0) is 8.97. The van der Waals surface area contributed by atoms with Crippen molar-refractivity contribution in [2.45, 2.75) is 45.1 Å². The van der Waals surface area contributed by atoms with Gasteiger partial charge in [-0.3, -0.25) is 0 Å². The summed E-state index contributed by atoms with van der Waals surface area (Å²) in [7, 11) is 0. The van der Waals surface area contributed by atoms with Gasteiger partial charge in [0, 0.05) is 0 Å². The molecule has 0 saturated heterocycles. The lowest BCUT2D eigenvalue weighted by atomic mass is 9.83. The molecule has 0 heterocycles. The van der Waals surface area contributed by atoms with Crippen molar-refractivity contribution >= 4 is 0 Å². The van der Waals surface area contributed by atoms with E-state index >= 15 is 0 Å². The first-order valence-corrected chi connectivity index (χ1v) is 4.80. The topological polar surface area (TPSA) is 20.2 Å². The summed E-state index contributed by atoms with van der Waals surface area (Å²) >= 11 is 0. The Morgan fingerprint density at radius 2 is 2.00 bits per heavy atom. The molecule has 0 aromatic rings. The molecule has 0 aliphatic heterocycles. The molecule has 1 heteroatoms. The predicted octanol–water partition coefficient (Wildman–Crippen LogP) is 2.66. The van der Waals surface area contributed by atoms with E-state index in [-0.39, 0.29) is 6.10 Å². The zero-order valence-corrected chi connectivity index (χ0v) is 7.84. The number of aliphatic hydroxyl groups excluding tert-OH is 1. The SMILES string of the molecule is C=C=C(C)C(O)C1CCCCC1. The molecule has 1 N–H and O–H groups in total. The fourth-order valence-electron chi connectivity index (χ4n) is 1.91. The second-order valence-corrected chi connectivity index (χ2v) is 3.70. The summed E-state index contributed by atoms with van der Waals surface area (Å²) in [6.07, 6.45) is 5.92. The number of rotatable bonds is 2. The zero-order valence-electron chi connectivity index (χ0n) is 7.84. The summed E-state index contributed by atoms with van der Waals surface area (Å²) in [5.41, 5.74) is 3.68. The van der Waals surface area contributed by atoms with E-state index in [0.717, 1.165) is 5.57 Å². The average Bonchev–Trinajstić information content (AvgIpc) is 2.17. The molecule has 0 spiro atoms. The van der Waals surface area contributed by atoms with Crippen LogP contribution in [0, 0.1) is 5.92 Å². The highest BCUT2D eigenvalue weighted by Gasteiger charge is 2.22. The number of hydrogen-bond donors (Lipinski definition) is 1. The van der Waals surface area contributed by atoms with E-state index in [9.17, 15) is 5.11 Å². The van der Waals surface area contributed by atoms with Crippen LogP contribution in [0.15, 0.2) is 17.9 Å². The normalized spacial score (nSPS) is 21.5. The molecule has 1 rings (SSSR count). The summed E-state index contributed by atoms with van der Waals surface area (Å²) in [5.74, 6) is 0.466. The lowest BCUT2D eigenvalue weighted by Gasteiger charge is -2.26. The number of hydrogen-bond acceptors (Lipinski definition) is 1. The Hall–Kier alpha value is -0.520. The van der Waals surface area contributed by atoms with Crippen LogP contribution < -0.4 is 0 Å². The van der Waals surface area contributed by atoms with Crippen molar-refractivity contribution in [3.63, 3.8) is 0 Å². The third-order valence-electron chi connectivity index (χ3n) is 2.82. The van der Waals surface area contributed by atoms with Gasteiger partial charge in [0.2, 0.25) is 0 Å². The molecule has 0 radical (unpaired) electrons. The van der Waals surface area contributed by atoms with Crippen molar-refractivity contribution in [2.75, 3.05) is 0 Å². The molecular weight excluding hydrogens is 148 g/mol. The standard InChI is InChI=1S/C11H18O/c1-3-9(2)11(12)10-7-5-4-6-8-10/h10-12H,1,4-8H2,2H3. The predicted molar refractivity (Wildman–Crippen MR) is 50.9 cm³/mol. The van der Waals surface area contributed by atoms with Crippen LogP contribution >= 0.6 is 0 Å². The van der Waals surface area contributed by atoms with Crippen LogP contribution in [0.25, 0.3) is 0 Å². The van der Waals surface area contributed by atoms with Gasteiger partial charge in [0.25, 0.3) is 0 Å². The minimum atomic E-state index is -0.289. The monoisotopic (exact) mass is 166 g/mol. The molecular formula is C11H18O. The van der Waals surface area contributed by atoms with Crippen LogP contribution in [0.3, 0.4) is 0 Å². The average molecular weight is 166 g/mol. The molecule has 1 fully saturated rings. The Kier molecular flexibility index (Phi) is 3.58. The first kappa shape index (κ1) is 9.57. The van der Waals surface area contributed by atoms with Gasteiger partial charge >= 0.3 is 0 Å². The van der Waals surface area contributed by atoms with Gasteiger partial charge in [-0.05, 0) is 31.3 Å². The van der Waals surface area contributed by atoms with E-state index in [1.165, 1.54) is 32.1 Å². The van der Waals surface area contributed by atoms with E-state index in [2.05, 4.69) is 12.3 Å². The van der Waals surface area contributed by atoms with Gasteiger partial charge in [0.1, 0.15) is 0 Å². The fourth-order valence-corrected chi connectivity index (χ4v) is 1.91. The molecule has 1 unspecified atom stereocenters.